The van der Waals surface area contributed by atoms with Gasteiger partial charge < -0.3 is 14.0 Å². The van der Waals surface area contributed by atoms with Gasteiger partial charge in [-0.2, -0.15) is 0 Å². The van der Waals surface area contributed by atoms with Gasteiger partial charge in [0.15, 0.2) is 0 Å². The largest absolute Gasteiger partial charge is 0.486 e. The van der Waals surface area contributed by atoms with E-state index in [2.05, 4.69) is 86.9 Å². The van der Waals surface area contributed by atoms with E-state index in [1.165, 1.54) is 16.3 Å². The van der Waals surface area contributed by atoms with Crippen LogP contribution < -0.4 is 5.19 Å². The molecule has 7 aromatic rings. The first-order valence-electron chi connectivity index (χ1n) is 15.0. The van der Waals surface area contributed by atoms with Crippen molar-refractivity contribution < 1.29 is 24.5 Å². The van der Waals surface area contributed by atoms with Crippen LogP contribution in [-0.2, 0) is 33.6 Å². The van der Waals surface area contributed by atoms with E-state index in [4.69, 9.17) is 14.4 Å². The molecular weight excluding hydrogens is 751 g/mol. The standard InChI is InChI=1S/C19H26NSi.C18H11N4O.Ir/c1-14(2)11-17-12-18(16-9-7-15(3)8-10-16)20-13-19(17)21(4,5)6;1-22-15-10-19-9-7-14(15)21-17(22)13-5-2-4-11-12-6-3-8-20-18(12)23-16(11)13;/h7-9,12-14H,11H2,1-6H3;2-4,6-10H,1H3;/q2*-1;. The number of imidazole rings is 1. The van der Waals surface area contributed by atoms with E-state index in [0.717, 1.165) is 56.5 Å². The normalized spacial score (nSPS) is 11.6. The fraction of sp³-hybridized carbons (Fsp3) is 0.243. The van der Waals surface area contributed by atoms with Gasteiger partial charge in [-0.25, -0.2) is 4.98 Å². The molecule has 0 aliphatic rings. The van der Waals surface area contributed by atoms with E-state index in [1.807, 2.05) is 54.2 Å². The summed E-state index contributed by atoms with van der Waals surface area (Å²) < 4.78 is 7.99. The van der Waals surface area contributed by atoms with Crippen LogP contribution in [0.5, 0.6) is 0 Å². The van der Waals surface area contributed by atoms with E-state index in [1.54, 1.807) is 12.4 Å². The number of aryl methyl sites for hydroxylation is 2. The van der Waals surface area contributed by atoms with Gasteiger partial charge in [-0.15, -0.1) is 53.6 Å². The maximum Gasteiger partial charge on any atom is 0.216 e. The third kappa shape index (κ3) is 6.69. The van der Waals surface area contributed by atoms with Crippen molar-refractivity contribution in [1.29, 1.82) is 0 Å². The third-order valence-electron chi connectivity index (χ3n) is 7.79. The van der Waals surface area contributed by atoms with E-state index in [-0.39, 0.29) is 20.1 Å². The summed E-state index contributed by atoms with van der Waals surface area (Å²) in [6.45, 7) is 13.8. The number of nitrogens with zero attached hydrogens (tertiary/aromatic N) is 5. The van der Waals surface area contributed by atoms with Crippen LogP contribution in [0.4, 0.5) is 0 Å². The van der Waals surface area contributed by atoms with E-state index < -0.39 is 8.07 Å². The molecule has 0 aliphatic heterocycles. The van der Waals surface area contributed by atoms with Gasteiger partial charge in [-0.05, 0) is 41.4 Å². The molecule has 6 nitrogen and oxygen atoms in total. The molecule has 5 aromatic heterocycles. The maximum atomic E-state index is 5.98. The molecule has 45 heavy (non-hydrogen) atoms. The predicted molar refractivity (Wildman–Crippen MR) is 183 cm³/mol. The Morgan fingerprint density at radius 1 is 0.956 bits per heavy atom. The number of aromatic nitrogens is 5. The first kappa shape index (κ1) is 32.4. The molecule has 0 amide bonds. The smallest absolute Gasteiger partial charge is 0.216 e. The van der Waals surface area contributed by atoms with Gasteiger partial charge in [-0.1, -0.05) is 63.0 Å². The molecule has 5 heterocycles. The molecule has 0 N–H and O–H groups in total. The van der Waals surface area contributed by atoms with Gasteiger partial charge in [0, 0.05) is 51.1 Å². The monoisotopic (exact) mass is 788 g/mol. The van der Waals surface area contributed by atoms with Gasteiger partial charge in [0.2, 0.25) is 5.71 Å². The van der Waals surface area contributed by atoms with Crippen molar-refractivity contribution in [2.45, 2.75) is 46.8 Å². The van der Waals surface area contributed by atoms with E-state index in [0.29, 0.717) is 11.6 Å². The third-order valence-corrected chi connectivity index (χ3v) is 9.85. The average Bonchev–Trinajstić information content (AvgIpc) is 3.55. The number of hydrogen-bond donors (Lipinski definition) is 0. The van der Waals surface area contributed by atoms with E-state index >= 15 is 0 Å². The zero-order valence-corrected chi connectivity index (χ0v) is 30.2. The topological polar surface area (TPSA) is 69.6 Å². The number of benzene rings is 2. The molecule has 0 spiro atoms. The molecule has 0 fully saturated rings. The molecule has 0 unspecified atom stereocenters. The minimum atomic E-state index is -1.35. The van der Waals surface area contributed by atoms with Crippen molar-refractivity contribution in [2.75, 3.05) is 0 Å². The molecule has 0 aliphatic carbocycles. The first-order chi connectivity index (χ1) is 21.1. The van der Waals surface area contributed by atoms with Crippen LogP contribution in [0.25, 0.3) is 55.7 Å². The summed E-state index contributed by atoms with van der Waals surface area (Å²) in [6.07, 6.45) is 8.53. The Kier molecular flexibility index (Phi) is 9.49. The molecule has 1 radical (unpaired) electrons. The second kappa shape index (κ2) is 13.2. The maximum absolute atomic E-state index is 5.98. The fourth-order valence-electron chi connectivity index (χ4n) is 5.59. The number of rotatable bonds is 5. The van der Waals surface area contributed by atoms with Crippen molar-refractivity contribution in [3.63, 3.8) is 0 Å². The summed E-state index contributed by atoms with van der Waals surface area (Å²) in [7, 11) is 0.622. The molecule has 0 saturated heterocycles. The Morgan fingerprint density at radius 2 is 1.78 bits per heavy atom. The van der Waals surface area contributed by atoms with Crippen LogP contribution in [0.2, 0.25) is 19.6 Å². The van der Waals surface area contributed by atoms with Crippen LogP contribution >= 0.6 is 0 Å². The summed E-state index contributed by atoms with van der Waals surface area (Å²) in [4.78, 5) is 17.9. The average molecular weight is 788 g/mol. The van der Waals surface area contributed by atoms with Gasteiger partial charge in [0.1, 0.15) is 0 Å². The molecule has 2 aromatic carbocycles. The zero-order chi connectivity index (χ0) is 31.0. The quantitative estimate of drug-likeness (QED) is 0.130. The number of furan rings is 1. The predicted octanol–water partition coefficient (Wildman–Crippen LogP) is 8.33. The molecule has 8 heteroatoms. The Morgan fingerprint density at radius 3 is 2.49 bits per heavy atom. The summed E-state index contributed by atoms with van der Waals surface area (Å²) in [5.41, 5.74) is 8.94. The second-order valence-electron chi connectivity index (χ2n) is 12.8. The summed E-state index contributed by atoms with van der Waals surface area (Å²) >= 11 is 0. The van der Waals surface area contributed by atoms with Gasteiger partial charge in [0.25, 0.3) is 0 Å². The second-order valence-corrected chi connectivity index (χ2v) is 17.8. The molecule has 7 rings (SSSR count). The SMILES string of the molecule is Cc1c[c-]c(-c2cc(CC(C)C)c([Si](C)(C)C)cn2)cc1.Cn1c(-c2[c-]ccc3c2oc2ncccc23)nc2ccncc21.[Ir]. The van der Waals surface area contributed by atoms with Gasteiger partial charge in [0.05, 0.1) is 36.7 Å². The first-order valence-corrected chi connectivity index (χ1v) is 18.5. The van der Waals surface area contributed by atoms with E-state index in [9.17, 15) is 0 Å². The number of hydrogen-bond acceptors (Lipinski definition) is 5. The Bertz CT molecular complexity index is 2090. The van der Waals surface area contributed by atoms with Crippen LogP contribution in [-0.4, -0.2) is 32.6 Å². The number of pyridine rings is 3. The van der Waals surface area contributed by atoms with Gasteiger partial charge >= 0.3 is 0 Å². The van der Waals surface area contributed by atoms with Crippen LogP contribution in [0.15, 0.2) is 83.8 Å². The van der Waals surface area contributed by atoms with Crippen molar-refractivity contribution in [2.24, 2.45) is 13.0 Å². The van der Waals surface area contributed by atoms with Crippen molar-refractivity contribution in [3.05, 3.63) is 103 Å². The molecule has 0 bridgehead atoms. The fourth-order valence-corrected chi connectivity index (χ4v) is 7.18. The molecule has 231 valence electrons. The van der Waals surface area contributed by atoms with Crippen LogP contribution in [0.1, 0.15) is 25.0 Å². The molecular formula is C37H37IrN5OSi-2. The summed E-state index contributed by atoms with van der Waals surface area (Å²) in [6, 6.07) is 24.9. The van der Waals surface area contributed by atoms with Crippen molar-refractivity contribution in [1.82, 2.24) is 24.5 Å². The van der Waals surface area contributed by atoms with Crippen LogP contribution in [0.3, 0.4) is 0 Å². The molecule has 0 saturated carbocycles. The van der Waals surface area contributed by atoms with Crippen molar-refractivity contribution in [3.8, 4) is 22.6 Å². The van der Waals surface area contributed by atoms with Gasteiger partial charge in [-0.3, -0.25) is 9.97 Å². The van der Waals surface area contributed by atoms with Crippen molar-refractivity contribution >= 4 is 46.4 Å². The Labute approximate surface area is 279 Å². The summed E-state index contributed by atoms with van der Waals surface area (Å²) in [5, 5.41) is 3.51. The molecule has 0 atom stereocenters. The van der Waals surface area contributed by atoms with Crippen LogP contribution in [0, 0.1) is 25.0 Å². The Hall–Kier alpha value is -3.97. The minimum Gasteiger partial charge on any atom is -0.486 e. The Balaban J connectivity index is 0.000000175. The number of fused-ring (bicyclic) bond motifs is 4. The summed E-state index contributed by atoms with van der Waals surface area (Å²) in [5.74, 6) is 1.47. The zero-order valence-electron chi connectivity index (χ0n) is 26.8. The minimum absolute atomic E-state index is 0.